The third-order valence-electron chi connectivity index (χ3n) is 5.55. The average Bonchev–Trinajstić information content (AvgIpc) is 3.32. The molecule has 3 rings (SSSR count). The Morgan fingerprint density at radius 2 is 1.67 bits per heavy atom. The maximum atomic E-state index is 12.2. The molecule has 3 N–H and O–H groups in total. The Kier molecular flexibility index (Phi) is 5.68. The summed E-state index contributed by atoms with van der Waals surface area (Å²) in [7, 11) is 0. The zero-order chi connectivity index (χ0) is 19.6. The van der Waals surface area contributed by atoms with Gasteiger partial charge in [0.25, 0.3) is 0 Å². The Bertz CT molecular complexity index is 710. The molecule has 2 atom stereocenters. The largest absolute Gasteiger partial charge is 0.481 e. The van der Waals surface area contributed by atoms with Gasteiger partial charge in [-0.1, -0.05) is 6.92 Å². The minimum absolute atomic E-state index is 0.00410. The monoisotopic (exact) mass is 373 g/mol. The molecule has 1 aromatic carbocycles. The van der Waals surface area contributed by atoms with Crippen molar-refractivity contribution in [3.05, 3.63) is 24.3 Å². The van der Waals surface area contributed by atoms with Crippen LogP contribution in [0.2, 0.25) is 0 Å². The van der Waals surface area contributed by atoms with Crippen LogP contribution in [0.5, 0.6) is 0 Å². The van der Waals surface area contributed by atoms with E-state index in [0.717, 1.165) is 12.1 Å². The number of nitrogens with zero attached hydrogens (tertiary/aromatic N) is 1. The number of rotatable bonds is 5. The molecule has 2 unspecified atom stereocenters. The summed E-state index contributed by atoms with van der Waals surface area (Å²) in [6.45, 7) is 3.70. The number of carboxylic acid groups (broad SMARTS) is 1. The Morgan fingerprint density at radius 3 is 2.15 bits per heavy atom. The molecule has 146 valence electrons. The maximum absolute atomic E-state index is 12.2. The third kappa shape index (κ3) is 4.78. The van der Waals surface area contributed by atoms with Gasteiger partial charge in [-0.2, -0.15) is 0 Å². The number of carbonyl (C=O) groups is 3. The Labute approximate surface area is 159 Å². The first-order chi connectivity index (χ1) is 12.8. The van der Waals surface area contributed by atoms with Crippen LogP contribution in [-0.2, 0) is 9.59 Å². The number of carboxylic acids is 1. The van der Waals surface area contributed by atoms with E-state index in [2.05, 4.69) is 17.6 Å². The predicted octanol–water partition coefficient (Wildman–Crippen LogP) is 3.21. The minimum atomic E-state index is -0.752. The van der Waals surface area contributed by atoms with Gasteiger partial charge in [0.2, 0.25) is 5.91 Å². The van der Waals surface area contributed by atoms with Crippen molar-refractivity contribution >= 4 is 29.3 Å². The summed E-state index contributed by atoms with van der Waals surface area (Å²) >= 11 is 0. The average molecular weight is 373 g/mol. The van der Waals surface area contributed by atoms with Gasteiger partial charge < -0.3 is 20.6 Å². The number of benzene rings is 1. The number of amides is 3. The predicted molar refractivity (Wildman–Crippen MR) is 103 cm³/mol. The van der Waals surface area contributed by atoms with Gasteiger partial charge >= 0.3 is 12.0 Å². The zero-order valence-electron chi connectivity index (χ0n) is 15.8. The van der Waals surface area contributed by atoms with Gasteiger partial charge in [-0.25, -0.2) is 4.79 Å². The van der Waals surface area contributed by atoms with Crippen molar-refractivity contribution in [3.8, 4) is 0 Å². The lowest BCUT2D eigenvalue weighted by molar-refractivity contribution is -0.142. The van der Waals surface area contributed by atoms with Crippen molar-refractivity contribution in [1.29, 1.82) is 0 Å². The number of hydrogen-bond acceptors (Lipinski definition) is 3. The third-order valence-corrected chi connectivity index (χ3v) is 5.55. The van der Waals surface area contributed by atoms with Gasteiger partial charge in [0.1, 0.15) is 0 Å². The van der Waals surface area contributed by atoms with E-state index in [1.165, 1.54) is 0 Å². The molecular formula is C20H27N3O4. The maximum Gasteiger partial charge on any atom is 0.319 e. The number of aliphatic carboxylic acids is 1. The highest BCUT2D eigenvalue weighted by atomic mass is 16.4. The van der Waals surface area contributed by atoms with Crippen molar-refractivity contribution in [3.63, 3.8) is 0 Å². The molecule has 0 radical (unpaired) electrons. The summed E-state index contributed by atoms with van der Waals surface area (Å²) in [6.07, 6.45) is 3.56. The highest BCUT2D eigenvalue weighted by Crippen LogP contribution is 2.38. The summed E-state index contributed by atoms with van der Waals surface area (Å²) in [4.78, 5) is 36.9. The fraction of sp³-hybridized carbons (Fsp3) is 0.550. The lowest BCUT2D eigenvalue weighted by Gasteiger charge is -2.27. The Morgan fingerprint density at radius 1 is 1.07 bits per heavy atom. The van der Waals surface area contributed by atoms with Crippen molar-refractivity contribution < 1.29 is 19.5 Å². The van der Waals surface area contributed by atoms with E-state index >= 15 is 0 Å². The number of anilines is 2. The standard InChI is InChI=1S/C20H27N3O4/c1-12-11-18(12)23(13(2)24)17-9-7-16(8-10-17)22-20(27)21-15-5-3-14(4-6-15)19(25)26/h7-10,12,14-15,18H,3-6,11H2,1-2H3,(H,25,26)(H2,21,22,27). The number of hydrogen-bond donors (Lipinski definition) is 3. The topological polar surface area (TPSA) is 98.7 Å². The van der Waals surface area contributed by atoms with Gasteiger partial charge in [-0.05, 0) is 62.3 Å². The summed E-state index contributed by atoms with van der Waals surface area (Å²) in [5.41, 5.74) is 1.50. The first kappa shape index (κ1) is 19.2. The van der Waals surface area contributed by atoms with Crippen molar-refractivity contribution in [2.45, 2.75) is 58.0 Å². The second kappa shape index (κ2) is 7.98. The van der Waals surface area contributed by atoms with Gasteiger partial charge in [-0.15, -0.1) is 0 Å². The number of urea groups is 1. The molecule has 0 bridgehead atoms. The summed E-state index contributed by atoms with van der Waals surface area (Å²) in [5.74, 6) is -0.497. The van der Waals surface area contributed by atoms with Crippen LogP contribution < -0.4 is 15.5 Å². The zero-order valence-corrected chi connectivity index (χ0v) is 15.8. The second-order valence-corrected chi connectivity index (χ2v) is 7.70. The van der Waals surface area contributed by atoms with Gasteiger partial charge in [0.05, 0.1) is 5.92 Å². The van der Waals surface area contributed by atoms with Crippen molar-refractivity contribution in [2.75, 3.05) is 10.2 Å². The summed E-state index contributed by atoms with van der Waals surface area (Å²) in [5, 5.41) is 14.7. The van der Waals surface area contributed by atoms with Crippen LogP contribution in [0.15, 0.2) is 24.3 Å². The highest BCUT2D eigenvalue weighted by Gasteiger charge is 2.40. The molecule has 27 heavy (non-hydrogen) atoms. The van der Waals surface area contributed by atoms with Crippen LogP contribution in [0.1, 0.15) is 46.0 Å². The van der Waals surface area contributed by atoms with E-state index in [9.17, 15) is 14.4 Å². The van der Waals surface area contributed by atoms with E-state index in [-0.39, 0.29) is 29.9 Å². The van der Waals surface area contributed by atoms with Crippen LogP contribution >= 0.6 is 0 Å². The van der Waals surface area contributed by atoms with Crippen molar-refractivity contribution in [1.82, 2.24) is 5.32 Å². The SMILES string of the molecule is CC(=O)N(c1ccc(NC(=O)NC2CCC(C(=O)O)CC2)cc1)C1CC1C. The van der Waals surface area contributed by atoms with E-state index in [1.807, 2.05) is 17.0 Å². The molecule has 2 aliphatic carbocycles. The first-order valence-electron chi connectivity index (χ1n) is 9.55. The summed E-state index contributed by atoms with van der Waals surface area (Å²) < 4.78 is 0. The second-order valence-electron chi connectivity index (χ2n) is 7.70. The van der Waals surface area contributed by atoms with Crippen LogP contribution in [-0.4, -0.2) is 35.1 Å². The molecule has 2 fully saturated rings. The van der Waals surface area contributed by atoms with Gasteiger partial charge in [-0.3, -0.25) is 9.59 Å². The Balaban J connectivity index is 1.51. The smallest absolute Gasteiger partial charge is 0.319 e. The molecule has 2 saturated carbocycles. The lowest BCUT2D eigenvalue weighted by Crippen LogP contribution is -2.41. The molecule has 0 heterocycles. The normalized spacial score (nSPS) is 26.7. The lowest BCUT2D eigenvalue weighted by atomic mass is 9.86. The molecule has 3 amide bonds. The molecule has 0 saturated heterocycles. The molecule has 0 aliphatic heterocycles. The molecule has 0 aromatic heterocycles. The van der Waals surface area contributed by atoms with Crippen LogP contribution in [0.3, 0.4) is 0 Å². The van der Waals surface area contributed by atoms with E-state index in [4.69, 9.17) is 5.11 Å². The fourth-order valence-electron chi connectivity index (χ4n) is 3.81. The first-order valence-corrected chi connectivity index (χ1v) is 9.55. The molecule has 1 aromatic rings. The molecule has 2 aliphatic rings. The Hall–Kier alpha value is -2.57. The summed E-state index contributed by atoms with van der Waals surface area (Å²) in [6, 6.07) is 7.26. The fourth-order valence-corrected chi connectivity index (χ4v) is 3.81. The minimum Gasteiger partial charge on any atom is -0.481 e. The van der Waals surface area contributed by atoms with Crippen LogP contribution in [0.25, 0.3) is 0 Å². The molecule has 7 heteroatoms. The quantitative estimate of drug-likeness (QED) is 0.738. The number of carbonyl (C=O) groups excluding carboxylic acids is 2. The number of nitrogens with one attached hydrogen (secondary N) is 2. The molecular weight excluding hydrogens is 346 g/mol. The van der Waals surface area contributed by atoms with E-state index < -0.39 is 5.97 Å². The van der Waals surface area contributed by atoms with Gasteiger partial charge in [0, 0.05) is 30.4 Å². The van der Waals surface area contributed by atoms with E-state index in [0.29, 0.717) is 37.3 Å². The van der Waals surface area contributed by atoms with Crippen LogP contribution in [0.4, 0.5) is 16.2 Å². The van der Waals surface area contributed by atoms with Crippen LogP contribution in [0, 0.1) is 11.8 Å². The van der Waals surface area contributed by atoms with Crippen molar-refractivity contribution in [2.24, 2.45) is 11.8 Å². The molecule has 0 spiro atoms. The van der Waals surface area contributed by atoms with Gasteiger partial charge in [0.15, 0.2) is 0 Å². The highest BCUT2D eigenvalue weighted by molar-refractivity contribution is 5.94. The van der Waals surface area contributed by atoms with E-state index in [1.54, 1.807) is 19.1 Å². The molecule has 7 nitrogen and oxygen atoms in total.